The van der Waals surface area contributed by atoms with Gasteiger partial charge in [-0.05, 0) is 24.3 Å². The number of carbonyl (C=O) groups is 1. The van der Waals surface area contributed by atoms with E-state index in [4.69, 9.17) is 22.1 Å². The Morgan fingerprint density at radius 3 is 2.24 bits per heavy atom. The van der Waals surface area contributed by atoms with Crippen molar-refractivity contribution >= 4 is 17.6 Å². The van der Waals surface area contributed by atoms with Crippen LogP contribution in [0.15, 0.2) is 54.6 Å². The number of carbonyl (C=O) groups excluding carboxylic acids is 1. The number of benzene rings is 2. The van der Waals surface area contributed by atoms with E-state index in [1.54, 1.807) is 6.07 Å². The third-order valence-corrected chi connectivity index (χ3v) is 3.09. The van der Waals surface area contributed by atoms with Crippen molar-refractivity contribution in [1.29, 1.82) is 0 Å². The van der Waals surface area contributed by atoms with Gasteiger partial charge in [-0.25, -0.2) is 4.79 Å². The summed E-state index contributed by atoms with van der Waals surface area (Å²) in [6, 6.07) is 10.5. The molecule has 0 heterocycles. The van der Waals surface area contributed by atoms with E-state index in [0.29, 0.717) is 5.02 Å². The quantitative estimate of drug-likeness (QED) is 0.696. The molecule has 0 aliphatic carbocycles. The molecule has 21 heavy (non-hydrogen) atoms. The maximum atomic E-state index is 14.1. The molecule has 2 rings (SSSR count). The third-order valence-electron chi connectivity index (χ3n) is 2.84. The third kappa shape index (κ3) is 3.56. The molecule has 0 radical (unpaired) electrons. The number of ether oxygens (including phenoxy) is 1. The second-order valence-electron chi connectivity index (χ2n) is 4.34. The Kier molecular flexibility index (Phi) is 4.55. The van der Waals surface area contributed by atoms with Gasteiger partial charge in [-0.3, -0.25) is 0 Å². The average Bonchev–Trinajstić information content (AvgIpc) is 2.49. The number of halogens is 3. The molecule has 0 bridgehead atoms. The Morgan fingerprint density at radius 1 is 1.10 bits per heavy atom. The van der Waals surface area contributed by atoms with E-state index in [-0.39, 0.29) is 11.3 Å². The van der Waals surface area contributed by atoms with Crippen LogP contribution in [0.1, 0.15) is 5.56 Å². The van der Waals surface area contributed by atoms with E-state index in [2.05, 4.69) is 0 Å². The smallest absolute Gasteiger partial charge is 0.335 e. The van der Waals surface area contributed by atoms with Gasteiger partial charge < -0.3 is 10.5 Å². The predicted octanol–water partition coefficient (Wildman–Crippen LogP) is 3.36. The van der Waals surface area contributed by atoms with Crippen molar-refractivity contribution < 1.29 is 18.3 Å². The average molecular weight is 312 g/mol. The van der Waals surface area contributed by atoms with Gasteiger partial charge >= 0.3 is 5.97 Å². The predicted molar refractivity (Wildman–Crippen MR) is 75.4 cm³/mol. The summed E-state index contributed by atoms with van der Waals surface area (Å²) in [5.74, 6) is -4.64. The molecule has 0 spiro atoms. The maximum Gasteiger partial charge on any atom is 0.335 e. The fraction of sp³-hybridized carbons (Fsp3) is 0.133. The van der Waals surface area contributed by atoms with Crippen LogP contribution in [0.2, 0.25) is 5.02 Å². The van der Waals surface area contributed by atoms with Crippen LogP contribution < -0.4 is 10.5 Å². The van der Waals surface area contributed by atoms with Gasteiger partial charge in [0.1, 0.15) is 5.75 Å². The van der Waals surface area contributed by atoms with E-state index >= 15 is 0 Å². The zero-order valence-corrected chi connectivity index (χ0v) is 11.6. The second kappa shape index (κ2) is 6.20. The molecule has 1 atom stereocenters. The largest absolute Gasteiger partial charge is 0.425 e. The van der Waals surface area contributed by atoms with Gasteiger partial charge in [0, 0.05) is 10.6 Å². The van der Waals surface area contributed by atoms with Crippen LogP contribution in [0.3, 0.4) is 0 Å². The van der Waals surface area contributed by atoms with Gasteiger partial charge in [0.15, 0.2) is 6.04 Å². The summed E-state index contributed by atoms with van der Waals surface area (Å²) < 4.78 is 33.1. The minimum absolute atomic E-state index is 0.101. The van der Waals surface area contributed by atoms with Gasteiger partial charge in [0.2, 0.25) is 0 Å². The highest BCUT2D eigenvalue weighted by Gasteiger charge is 2.44. The summed E-state index contributed by atoms with van der Waals surface area (Å²) in [6.45, 7) is 0. The first-order chi connectivity index (χ1) is 9.91. The SMILES string of the molecule is N[C@@H](C(=O)Oc1ccc(Cl)cc1)C(F)(F)c1ccccc1. The minimum atomic E-state index is -3.52. The molecule has 0 aliphatic heterocycles. The van der Waals surface area contributed by atoms with Crippen LogP contribution in [-0.2, 0) is 10.7 Å². The Bertz CT molecular complexity index is 617. The lowest BCUT2D eigenvalue weighted by atomic mass is 10.0. The number of rotatable bonds is 4. The lowest BCUT2D eigenvalue weighted by Gasteiger charge is -2.22. The first-order valence-corrected chi connectivity index (χ1v) is 6.45. The van der Waals surface area contributed by atoms with Crippen LogP contribution in [0.25, 0.3) is 0 Å². The number of hydrogen-bond donors (Lipinski definition) is 1. The van der Waals surface area contributed by atoms with Crippen molar-refractivity contribution in [3.8, 4) is 5.75 Å². The van der Waals surface area contributed by atoms with Gasteiger partial charge in [0.25, 0.3) is 5.92 Å². The summed E-state index contributed by atoms with van der Waals surface area (Å²) >= 11 is 5.68. The molecular formula is C15H12ClF2NO2. The van der Waals surface area contributed by atoms with Crippen molar-refractivity contribution in [2.24, 2.45) is 5.73 Å². The first kappa shape index (κ1) is 15.4. The maximum absolute atomic E-state index is 14.1. The number of alkyl halides is 2. The molecule has 0 aromatic heterocycles. The molecule has 0 saturated heterocycles. The van der Waals surface area contributed by atoms with Crippen molar-refractivity contribution in [3.63, 3.8) is 0 Å². The van der Waals surface area contributed by atoms with Crippen LogP contribution in [0.5, 0.6) is 5.75 Å². The molecule has 110 valence electrons. The Labute approximate surface area is 125 Å². The van der Waals surface area contributed by atoms with E-state index in [1.165, 1.54) is 48.5 Å². The molecule has 3 nitrogen and oxygen atoms in total. The normalized spacial score (nSPS) is 12.8. The van der Waals surface area contributed by atoms with Gasteiger partial charge in [-0.1, -0.05) is 41.9 Å². The van der Waals surface area contributed by atoms with Crippen molar-refractivity contribution in [2.75, 3.05) is 0 Å². The summed E-state index contributed by atoms with van der Waals surface area (Å²) in [5.41, 5.74) is 5.01. The Morgan fingerprint density at radius 2 is 1.67 bits per heavy atom. The summed E-state index contributed by atoms with van der Waals surface area (Å²) in [6.07, 6.45) is 0. The van der Waals surface area contributed by atoms with E-state index in [1.807, 2.05) is 0 Å². The van der Waals surface area contributed by atoms with E-state index < -0.39 is 17.9 Å². The molecule has 6 heteroatoms. The van der Waals surface area contributed by atoms with E-state index in [0.717, 1.165) is 0 Å². The standard InChI is InChI=1S/C15H12ClF2NO2/c16-11-6-8-12(9-7-11)21-14(20)13(19)15(17,18)10-4-2-1-3-5-10/h1-9,13H,19H2/t13-/m0/s1. The molecule has 2 aromatic rings. The number of hydrogen-bond acceptors (Lipinski definition) is 3. The van der Waals surface area contributed by atoms with Crippen LogP contribution in [0.4, 0.5) is 8.78 Å². The number of esters is 1. The molecule has 2 aromatic carbocycles. The second-order valence-corrected chi connectivity index (χ2v) is 4.78. The van der Waals surface area contributed by atoms with Crippen molar-refractivity contribution in [2.45, 2.75) is 12.0 Å². The summed E-state index contributed by atoms with van der Waals surface area (Å²) in [7, 11) is 0. The molecular weight excluding hydrogens is 300 g/mol. The van der Waals surface area contributed by atoms with E-state index in [9.17, 15) is 13.6 Å². The highest BCUT2D eigenvalue weighted by Crippen LogP contribution is 2.31. The fourth-order valence-electron chi connectivity index (χ4n) is 1.67. The lowest BCUT2D eigenvalue weighted by molar-refractivity contribution is -0.146. The molecule has 0 fully saturated rings. The number of nitrogens with two attached hydrogens (primary N) is 1. The lowest BCUT2D eigenvalue weighted by Crippen LogP contribution is -2.47. The summed E-state index contributed by atoms with van der Waals surface area (Å²) in [5, 5.41) is 0.439. The highest BCUT2D eigenvalue weighted by molar-refractivity contribution is 6.30. The molecule has 0 saturated carbocycles. The van der Waals surface area contributed by atoms with Crippen molar-refractivity contribution in [1.82, 2.24) is 0 Å². The topological polar surface area (TPSA) is 52.3 Å². The summed E-state index contributed by atoms with van der Waals surface area (Å²) in [4.78, 5) is 11.8. The molecule has 2 N–H and O–H groups in total. The zero-order chi connectivity index (χ0) is 15.5. The van der Waals surface area contributed by atoms with Crippen LogP contribution in [0, 0.1) is 0 Å². The molecule has 0 amide bonds. The van der Waals surface area contributed by atoms with Crippen molar-refractivity contribution in [3.05, 3.63) is 65.2 Å². The van der Waals surface area contributed by atoms with Gasteiger partial charge in [-0.15, -0.1) is 0 Å². The van der Waals surface area contributed by atoms with Crippen LogP contribution >= 0.6 is 11.6 Å². The Hall–Kier alpha value is -1.98. The fourth-order valence-corrected chi connectivity index (χ4v) is 1.80. The monoisotopic (exact) mass is 311 g/mol. The molecule has 0 aliphatic rings. The van der Waals surface area contributed by atoms with Gasteiger partial charge in [0.05, 0.1) is 0 Å². The first-order valence-electron chi connectivity index (χ1n) is 6.07. The Balaban J connectivity index is 2.13. The van der Waals surface area contributed by atoms with Gasteiger partial charge in [-0.2, -0.15) is 8.78 Å². The minimum Gasteiger partial charge on any atom is -0.425 e. The zero-order valence-electron chi connectivity index (χ0n) is 10.8. The molecule has 0 unspecified atom stereocenters. The van der Waals surface area contributed by atoms with Crippen LogP contribution in [-0.4, -0.2) is 12.0 Å². The highest BCUT2D eigenvalue weighted by atomic mass is 35.5.